The van der Waals surface area contributed by atoms with E-state index in [0.29, 0.717) is 30.6 Å². The first-order chi connectivity index (χ1) is 9.52. The zero-order chi connectivity index (χ0) is 14.7. The summed E-state index contributed by atoms with van der Waals surface area (Å²) in [6.07, 6.45) is 3.88. The van der Waals surface area contributed by atoms with Gasteiger partial charge in [0.05, 0.1) is 6.61 Å². The van der Waals surface area contributed by atoms with E-state index in [2.05, 4.69) is 12.1 Å². The zero-order valence-corrected chi connectivity index (χ0v) is 12.6. The van der Waals surface area contributed by atoms with Gasteiger partial charge in [0.25, 0.3) is 0 Å². The van der Waals surface area contributed by atoms with E-state index in [0.717, 1.165) is 30.4 Å². The second kappa shape index (κ2) is 6.29. The van der Waals surface area contributed by atoms with Gasteiger partial charge in [0.1, 0.15) is 5.75 Å². The summed E-state index contributed by atoms with van der Waals surface area (Å²) in [4.78, 5) is 11.7. The van der Waals surface area contributed by atoms with Crippen molar-refractivity contribution in [3.05, 3.63) is 28.8 Å². The summed E-state index contributed by atoms with van der Waals surface area (Å²) in [5.41, 5.74) is 3.09. The highest BCUT2D eigenvalue weighted by Gasteiger charge is 2.31. The van der Waals surface area contributed by atoms with Crippen LogP contribution in [0.15, 0.2) is 12.1 Å². The largest absolute Gasteiger partial charge is 0.507 e. The molecule has 0 aromatic heterocycles. The molecule has 1 saturated carbocycles. The van der Waals surface area contributed by atoms with Crippen LogP contribution in [0.5, 0.6) is 5.75 Å². The molecule has 0 unspecified atom stereocenters. The maximum absolute atomic E-state index is 11.7. The molecule has 1 aromatic carbocycles. The van der Waals surface area contributed by atoms with Crippen LogP contribution < -0.4 is 0 Å². The molecule has 2 atom stereocenters. The highest BCUT2D eigenvalue weighted by atomic mass is 16.5. The minimum atomic E-state index is -0.0865. The SMILES string of the molecule is CCOC(=O)C[C@@H]1CCC[C@@H]1c1cc(C)c(O)c(C)c1. The third kappa shape index (κ3) is 3.14. The van der Waals surface area contributed by atoms with Crippen molar-refractivity contribution in [1.29, 1.82) is 0 Å². The lowest BCUT2D eigenvalue weighted by atomic mass is 9.85. The van der Waals surface area contributed by atoms with Crippen LogP contribution in [0.4, 0.5) is 0 Å². The Bertz CT molecular complexity index is 470. The fourth-order valence-electron chi connectivity index (χ4n) is 3.36. The summed E-state index contributed by atoms with van der Waals surface area (Å²) in [6.45, 7) is 6.16. The summed E-state index contributed by atoms with van der Waals surface area (Å²) >= 11 is 0. The van der Waals surface area contributed by atoms with Gasteiger partial charge >= 0.3 is 5.97 Å². The molecule has 20 heavy (non-hydrogen) atoms. The van der Waals surface area contributed by atoms with Gasteiger partial charge in [-0.05, 0) is 62.1 Å². The first-order valence-electron chi connectivity index (χ1n) is 7.48. The summed E-state index contributed by atoms with van der Waals surface area (Å²) in [5.74, 6) is 1.08. The summed E-state index contributed by atoms with van der Waals surface area (Å²) < 4.78 is 5.08. The third-order valence-electron chi connectivity index (χ3n) is 4.33. The first kappa shape index (κ1) is 14.9. The average molecular weight is 276 g/mol. The lowest BCUT2D eigenvalue weighted by Crippen LogP contribution is -2.14. The Hall–Kier alpha value is -1.51. The Morgan fingerprint density at radius 2 is 1.95 bits per heavy atom. The fraction of sp³-hybridized carbons (Fsp3) is 0.588. The molecule has 1 aromatic rings. The Morgan fingerprint density at radius 1 is 1.30 bits per heavy atom. The van der Waals surface area contributed by atoms with Crippen LogP contribution in [0.2, 0.25) is 0 Å². The molecule has 1 N–H and O–H groups in total. The zero-order valence-electron chi connectivity index (χ0n) is 12.6. The van der Waals surface area contributed by atoms with Crippen LogP contribution in [0.1, 0.15) is 55.2 Å². The predicted octanol–water partition coefficient (Wildman–Crippen LogP) is 3.85. The highest BCUT2D eigenvalue weighted by Crippen LogP contribution is 2.43. The maximum atomic E-state index is 11.7. The van der Waals surface area contributed by atoms with Gasteiger partial charge in [-0.2, -0.15) is 0 Å². The van der Waals surface area contributed by atoms with Crippen LogP contribution in [-0.2, 0) is 9.53 Å². The molecule has 1 fully saturated rings. The van der Waals surface area contributed by atoms with Gasteiger partial charge in [-0.15, -0.1) is 0 Å². The molecule has 3 heteroatoms. The number of aryl methyl sites for hydroxylation is 2. The Balaban J connectivity index is 2.16. The second-order valence-corrected chi connectivity index (χ2v) is 5.81. The number of carbonyl (C=O) groups is 1. The van der Waals surface area contributed by atoms with Crippen LogP contribution in [0.25, 0.3) is 0 Å². The number of phenols is 1. The van der Waals surface area contributed by atoms with Crippen molar-refractivity contribution < 1.29 is 14.6 Å². The molecule has 3 nitrogen and oxygen atoms in total. The van der Waals surface area contributed by atoms with Crippen molar-refractivity contribution in [3.63, 3.8) is 0 Å². The average Bonchev–Trinajstić information content (AvgIpc) is 2.83. The molecule has 0 aliphatic heterocycles. The Kier molecular flexibility index (Phi) is 4.69. The standard InChI is InChI=1S/C17H24O3/c1-4-20-16(18)10-13-6-5-7-15(13)14-8-11(2)17(19)12(3)9-14/h8-9,13,15,19H,4-7,10H2,1-3H3/t13-,15-/m0/s1. The van der Waals surface area contributed by atoms with E-state index < -0.39 is 0 Å². The number of aromatic hydroxyl groups is 1. The Labute approximate surface area is 121 Å². The molecule has 0 spiro atoms. The van der Waals surface area contributed by atoms with E-state index in [9.17, 15) is 9.90 Å². The van der Waals surface area contributed by atoms with E-state index in [1.165, 1.54) is 5.56 Å². The minimum absolute atomic E-state index is 0.0865. The molecule has 0 amide bonds. The van der Waals surface area contributed by atoms with Crippen molar-refractivity contribution in [2.75, 3.05) is 6.61 Å². The quantitative estimate of drug-likeness (QED) is 0.850. The topological polar surface area (TPSA) is 46.5 Å². The smallest absolute Gasteiger partial charge is 0.306 e. The Morgan fingerprint density at radius 3 is 2.55 bits per heavy atom. The fourth-order valence-corrected chi connectivity index (χ4v) is 3.36. The third-order valence-corrected chi connectivity index (χ3v) is 4.33. The molecule has 1 aliphatic rings. The van der Waals surface area contributed by atoms with Gasteiger partial charge in [0.15, 0.2) is 0 Å². The van der Waals surface area contributed by atoms with Crippen LogP contribution in [-0.4, -0.2) is 17.7 Å². The van der Waals surface area contributed by atoms with Gasteiger partial charge in [0.2, 0.25) is 0 Å². The number of hydrogen-bond donors (Lipinski definition) is 1. The summed E-state index contributed by atoms with van der Waals surface area (Å²) in [7, 11) is 0. The molecular formula is C17H24O3. The lowest BCUT2D eigenvalue weighted by molar-refractivity contribution is -0.144. The van der Waals surface area contributed by atoms with Gasteiger partial charge in [-0.25, -0.2) is 0 Å². The van der Waals surface area contributed by atoms with Crippen molar-refractivity contribution in [3.8, 4) is 5.75 Å². The van der Waals surface area contributed by atoms with Crippen molar-refractivity contribution in [1.82, 2.24) is 0 Å². The number of esters is 1. The van der Waals surface area contributed by atoms with Crippen LogP contribution in [0, 0.1) is 19.8 Å². The lowest BCUT2D eigenvalue weighted by Gasteiger charge is -2.20. The number of benzene rings is 1. The predicted molar refractivity (Wildman–Crippen MR) is 78.9 cm³/mol. The van der Waals surface area contributed by atoms with Gasteiger partial charge in [-0.1, -0.05) is 18.6 Å². The maximum Gasteiger partial charge on any atom is 0.306 e. The van der Waals surface area contributed by atoms with Crippen LogP contribution in [0.3, 0.4) is 0 Å². The first-order valence-corrected chi connectivity index (χ1v) is 7.48. The second-order valence-electron chi connectivity index (χ2n) is 5.81. The molecule has 110 valence electrons. The van der Waals surface area contributed by atoms with Crippen molar-refractivity contribution in [2.24, 2.45) is 5.92 Å². The van der Waals surface area contributed by atoms with Crippen molar-refractivity contribution in [2.45, 2.75) is 52.4 Å². The van der Waals surface area contributed by atoms with Crippen LogP contribution >= 0.6 is 0 Å². The van der Waals surface area contributed by atoms with E-state index in [1.54, 1.807) is 0 Å². The number of ether oxygens (including phenoxy) is 1. The number of phenolic OH excluding ortho intramolecular Hbond substituents is 1. The van der Waals surface area contributed by atoms with Gasteiger partial charge in [-0.3, -0.25) is 4.79 Å². The molecular weight excluding hydrogens is 252 g/mol. The normalized spacial score (nSPS) is 21.9. The van der Waals surface area contributed by atoms with E-state index in [1.807, 2.05) is 20.8 Å². The number of hydrogen-bond acceptors (Lipinski definition) is 3. The molecule has 0 radical (unpaired) electrons. The van der Waals surface area contributed by atoms with E-state index in [-0.39, 0.29) is 5.97 Å². The molecule has 1 aliphatic carbocycles. The van der Waals surface area contributed by atoms with E-state index >= 15 is 0 Å². The van der Waals surface area contributed by atoms with Gasteiger partial charge in [0, 0.05) is 6.42 Å². The number of rotatable bonds is 4. The monoisotopic (exact) mass is 276 g/mol. The highest BCUT2D eigenvalue weighted by molar-refractivity contribution is 5.69. The molecule has 2 rings (SSSR count). The number of carbonyl (C=O) groups excluding carboxylic acids is 1. The molecule has 0 heterocycles. The summed E-state index contributed by atoms with van der Waals surface area (Å²) in [5, 5.41) is 9.88. The molecule has 0 bridgehead atoms. The van der Waals surface area contributed by atoms with E-state index in [4.69, 9.17) is 4.74 Å². The van der Waals surface area contributed by atoms with Gasteiger partial charge < -0.3 is 9.84 Å². The minimum Gasteiger partial charge on any atom is -0.507 e. The summed E-state index contributed by atoms with van der Waals surface area (Å²) in [6, 6.07) is 4.13. The van der Waals surface area contributed by atoms with Crippen molar-refractivity contribution >= 4 is 5.97 Å². The molecule has 0 saturated heterocycles.